The smallest absolute Gasteiger partial charge is 0.195 e. The molecule has 1 saturated heterocycles. The van der Waals surface area contributed by atoms with Crippen LogP contribution in [0.2, 0.25) is 0 Å². The molecule has 1 aromatic rings. The lowest BCUT2D eigenvalue weighted by Gasteiger charge is -2.15. The third-order valence-corrected chi connectivity index (χ3v) is 3.99. The SMILES string of the molecule is CCNC(=NCC1CCN(C)C1)Nc1ccc(OC)c(OC)c1.I. The first-order valence-electron chi connectivity index (χ1n) is 8.12. The van der Waals surface area contributed by atoms with Gasteiger partial charge in [-0.2, -0.15) is 0 Å². The summed E-state index contributed by atoms with van der Waals surface area (Å²) in [6.07, 6.45) is 1.22. The zero-order chi connectivity index (χ0) is 16.7. The first kappa shape index (κ1) is 20.8. The predicted molar refractivity (Wildman–Crippen MR) is 110 cm³/mol. The van der Waals surface area contributed by atoms with E-state index in [2.05, 4.69) is 29.5 Å². The van der Waals surface area contributed by atoms with Crippen LogP contribution in [0.5, 0.6) is 11.5 Å². The number of hydrogen-bond acceptors (Lipinski definition) is 4. The molecule has 1 atom stereocenters. The van der Waals surface area contributed by atoms with Crippen LogP contribution >= 0.6 is 24.0 Å². The van der Waals surface area contributed by atoms with Gasteiger partial charge in [-0.1, -0.05) is 0 Å². The highest BCUT2D eigenvalue weighted by atomic mass is 127. The van der Waals surface area contributed by atoms with Crippen LogP contribution in [0.15, 0.2) is 23.2 Å². The van der Waals surface area contributed by atoms with Crippen molar-refractivity contribution in [3.8, 4) is 11.5 Å². The number of nitrogens with one attached hydrogen (secondary N) is 2. The van der Waals surface area contributed by atoms with Crippen molar-refractivity contribution < 1.29 is 9.47 Å². The average Bonchev–Trinajstić information content (AvgIpc) is 2.98. The number of hydrogen-bond donors (Lipinski definition) is 2. The predicted octanol–water partition coefficient (Wildman–Crippen LogP) is 2.65. The molecule has 0 bridgehead atoms. The number of ether oxygens (including phenoxy) is 2. The average molecular weight is 448 g/mol. The van der Waals surface area contributed by atoms with Crippen LogP contribution in [0.3, 0.4) is 0 Å². The van der Waals surface area contributed by atoms with Crippen molar-refractivity contribution in [3.05, 3.63) is 18.2 Å². The first-order valence-corrected chi connectivity index (χ1v) is 8.12. The zero-order valence-electron chi connectivity index (χ0n) is 15.0. The molecule has 1 unspecified atom stereocenters. The lowest BCUT2D eigenvalue weighted by Crippen LogP contribution is -2.31. The minimum atomic E-state index is 0. The molecule has 1 aliphatic rings. The molecule has 136 valence electrons. The second-order valence-electron chi connectivity index (χ2n) is 5.83. The number of anilines is 1. The van der Waals surface area contributed by atoms with E-state index in [-0.39, 0.29) is 24.0 Å². The fourth-order valence-electron chi connectivity index (χ4n) is 2.75. The van der Waals surface area contributed by atoms with E-state index in [1.165, 1.54) is 13.0 Å². The van der Waals surface area contributed by atoms with Gasteiger partial charge in [-0.25, -0.2) is 0 Å². The Kier molecular flexibility index (Phi) is 9.20. The largest absolute Gasteiger partial charge is 0.493 e. The molecule has 0 spiro atoms. The summed E-state index contributed by atoms with van der Waals surface area (Å²) in [6.45, 7) is 6.02. The van der Waals surface area contributed by atoms with Crippen LogP contribution in [0, 0.1) is 5.92 Å². The molecule has 24 heavy (non-hydrogen) atoms. The van der Waals surface area contributed by atoms with Gasteiger partial charge in [0.2, 0.25) is 0 Å². The first-order chi connectivity index (χ1) is 11.2. The number of nitrogens with zero attached hydrogens (tertiary/aromatic N) is 2. The van der Waals surface area contributed by atoms with E-state index < -0.39 is 0 Å². The van der Waals surface area contributed by atoms with Crippen molar-refractivity contribution in [1.29, 1.82) is 0 Å². The number of benzene rings is 1. The highest BCUT2D eigenvalue weighted by molar-refractivity contribution is 14.0. The van der Waals surface area contributed by atoms with Gasteiger partial charge in [0.1, 0.15) is 0 Å². The van der Waals surface area contributed by atoms with Crippen LogP contribution < -0.4 is 20.1 Å². The molecule has 7 heteroatoms. The molecule has 6 nitrogen and oxygen atoms in total. The standard InChI is InChI=1S/C17H28N4O2.HI/c1-5-18-17(19-11-13-8-9-21(2)12-13)20-14-6-7-15(22-3)16(10-14)23-4;/h6-7,10,13H,5,8-9,11-12H2,1-4H3,(H2,18,19,20);1H. The molecule has 2 N–H and O–H groups in total. The Morgan fingerprint density at radius 1 is 1.29 bits per heavy atom. The molecule has 0 amide bonds. The fourth-order valence-corrected chi connectivity index (χ4v) is 2.75. The summed E-state index contributed by atoms with van der Waals surface area (Å²) in [7, 11) is 5.43. The minimum Gasteiger partial charge on any atom is -0.493 e. The number of rotatable bonds is 6. The summed E-state index contributed by atoms with van der Waals surface area (Å²) in [5.41, 5.74) is 0.922. The maximum Gasteiger partial charge on any atom is 0.195 e. The Morgan fingerprint density at radius 3 is 2.62 bits per heavy atom. The third kappa shape index (κ3) is 6.01. The van der Waals surface area contributed by atoms with Gasteiger partial charge in [0.15, 0.2) is 17.5 Å². The van der Waals surface area contributed by atoms with E-state index in [4.69, 9.17) is 14.5 Å². The molecule has 1 aliphatic heterocycles. The summed E-state index contributed by atoms with van der Waals surface area (Å²) in [6, 6.07) is 5.75. The molecular formula is C17H29IN4O2. The normalized spacial score (nSPS) is 18.0. The van der Waals surface area contributed by atoms with Gasteiger partial charge in [-0.3, -0.25) is 4.99 Å². The maximum atomic E-state index is 5.34. The minimum absolute atomic E-state index is 0. The topological polar surface area (TPSA) is 58.1 Å². The number of aliphatic imine (C=N–C) groups is 1. The van der Waals surface area contributed by atoms with Crippen LogP contribution in [-0.2, 0) is 0 Å². The molecule has 0 saturated carbocycles. The highest BCUT2D eigenvalue weighted by Gasteiger charge is 2.19. The van der Waals surface area contributed by atoms with Crippen molar-refractivity contribution in [2.24, 2.45) is 10.9 Å². The van der Waals surface area contributed by atoms with Gasteiger partial charge in [0, 0.05) is 31.4 Å². The van der Waals surface area contributed by atoms with Gasteiger partial charge in [0.05, 0.1) is 14.2 Å². The van der Waals surface area contributed by atoms with Crippen LogP contribution in [0.1, 0.15) is 13.3 Å². The monoisotopic (exact) mass is 448 g/mol. The van der Waals surface area contributed by atoms with Gasteiger partial charge in [0.25, 0.3) is 0 Å². The second kappa shape index (κ2) is 10.6. The molecule has 0 aromatic heterocycles. The number of likely N-dealkylation sites (tertiary alicyclic amines) is 1. The third-order valence-electron chi connectivity index (χ3n) is 3.99. The number of guanidine groups is 1. The Balaban J connectivity index is 0.00000288. The molecule has 1 aromatic carbocycles. The van der Waals surface area contributed by atoms with E-state index in [0.717, 1.165) is 31.3 Å². The summed E-state index contributed by atoms with van der Waals surface area (Å²) < 4.78 is 10.6. The molecule has 1 heterocycles. The molecular weight excluding hydrogens is 419 g/mol. The van der Waals surface area contributed by atoms with Crippen molar-refractivity contribution in [1.82, 2.24) is 10.2 Å². The number of halogens is 1. The lowest BCUT2D eigenvalue weighted by atomic mass is 10.1. The van der Waals surface area contributed by atoms with Crippen LogP contribution in [0.25, 0.3) is 0 Å². The van der Waals surface area contributed by atoms with Crippen LogP contribution in [0.4, 0.5) is 5.69 Å². The number of methoxy groups -OCH3 is 2. The molecule has 1 fully saturated rings. The molecule has 2 rings (SSSR count). The van der Waals surface area contributed by atoms with Crippen molar-refractivity contribution >= 4 is 35.6 Å². The summed E-state index contributed by atoms with van der Waals surface area (Å²) >= 11 is 0. The van der Waals surface area contributed by atoms with E-state index in [0.29, 0.717) is 17.4 Å². The Hall–Kier alpha value is -1.22. The van der Waals surface area contributed by atoms with E-state index in [1.807, 2.05) is 18.2 Å². The van der Waals surface area contributed by atoms with Crippen molar-refractivity contribution in [2.75, 3.05) is 52.8 Å². The Morgan fingerprint density at radius 2 is 2.04 bits per heavy atom. The fraction of sp³-hybridized carbons (Fsp3) is 0.588. The van der Waals surface area contributed by atoms with Crippen molar-refractivity contribution in [2.45, 2.75) is 13.3 Å². The van der Waals surface area contributed by atoms with Gasteiger partial charge >= 0.3 is 0 Å². The lowest BCUT2D eigenvalue weighted by molar-refractivity contribution is 0.355. The molecule has 0 radical (unpaired) electrons. The Labute approximate surface area is 162 Å². The van der Waals surface area contributed by atoms with E-state index >= 15 is 0 Å². The zero-order valence-corrected chi connectivity index (χ0v) is 17.3. The maximum absolute atomic E-state index is 5.34. The van der Waals surface area contributed by atoms with Gasteiger partial charge in [-0.15, -0.1) is 24.0 Å². The van der Waals surface area contributed by atoms with Gasteiger partial charge < -0.3 is 25.0 Å². The summed E-state index contributed by atoms with van der Waals surface area (Å²) in [5.74, 6) is 2.86. The quantitative estimate of drug-likeness (QED) is 0.398. The van der Waals surface area contributed by atoms with Crippen LogP contribution in [-0.4, -0.2) is 58.3 Å². The highest BCUT2D eigenvalue weighted by Crippen LogP contribution is 2.29. The molecule has 0 aliphatic carbocycles. The van der Waals surface area contributed by atoms with Gasteiger partial charge in [-0.05, 0) is 45.0 Å². The summed E-state index contributed by atoms with van der Waals surface area (Å²) in [4.78, 5) is 7.07. The van der Waals surface area contributed by atoms with E-state index in [1.54, 1.807) is 14.2 Å². The second-order valence-corrected chi connectivity index (χ2v) is 5.83. The van der Waals surface area contributed by atoms with Crippen molar-refractivity contribution in [3.63, 3.8) is 0 Å². The van der Waals surface area contributed by atoms with E-state index in [9.17, 15) is 0 Å². The Bertz CT molecular complexity index is 539. The summed E-state index contributed by atoms with van der Waals surface area (Å²) in [5, 5.41) is 6.62.